The molecule has 0 radical (unpaired) electrons. The van der Waals surface area contributed by atoms with Gasteiger partial charge in [0.25, 0.3) is 5.91 Å². The number of carbonyl (C=O) groups excluding carboxylic acids is 1. The van der Waals surface area contributed by atoms with E-state index in [1.807, 2.05) is 32.1 Å². The molecule has 0 atom stereocenters. The minimum absolute atomic E-state index is 0.00796. The van der Waals surface area contributed by atoms with Gasteiger partial charge in [0.1, 0.15) is 10.1 Å². The average molecular weight is 545 g/mol. The molecule has 0 aromatic heterocycles. The maximum atomic E-state index is 12.2. The SMILES string of the molecule is CCOc1c(I)cc(/C=C2\SC(=S)N(CC)C2=O)cc1I. The van der Waals surface area contributed by atoms with E-state index in [1.165, 1.54) is 11.8 Å². The fraction of sp³-hybridized carbons (Fsp3) is 0.286. The zero-order chi connectivity index (χ0) is 15.6. The van der Waals surface area contributed by atoms with Crippen LogP contribution < -0.4 is 4.74 Å². The normalized spacial score (nSPS) is 17.0. The predicted molar refractivity (Wildman–Crippen MR) is 109 cm³/mol. The van der Waals surface area contributed by atoms with Crippen molar-refractivity contribution in [3.05, 3.63) is 29.7 Å². The number of thioether (sulfide) groups is 1. The van der Waals surface area contributed by atoms with Crippen LogP contribution in [0.4, 0.5) is 0 Å². The summed E-state index contributed by atoms with van der Waals surface area (Å²) >= 11 is 11.1. The van der Waals surface area contributed by atoms with Gasteiger partial charge in [-0.1, -0.05) is 24.0 Å². The second kappa shape index (κ2) is 7.60. The first-order valence-corrected chi connectivity index (χ1v) is 9.73. The molecule has 0 N–H and O–H groups in total. The molecule has 1 aromatic rings. The molecule has 0 bridgehead atoms. The van der Waals surface area contributed by atoms with Crippen LogP contribution in [-0.2, 0) is 4.79 Å². The summed E-state index contributed by atoms with van der Waals surface area (Å²) in [6, 6.07) is 4.04. The summed E-state index contributed by atoms with van der Waals surface area (Å²) < 4.78 is 8.34. The van der Waals surface area contributed by atoms with Crippen LogP contribution in [0.5, 0.6) is 5.75 Å². The van der Waals surface area contributed by atoms with E-state index in [0.717, 1.165) is 18.5 Å². The summed E-state index contributed by atoms with van der Waals surface area (Å²) in [4.78, 5) is 14.5. The highest BCUT2D eigenvalue weighted by Crippen LogP contribution is 2.34. The molecule has 1 fully saturated rings. The van der Waals surface area contributed by atoms with Crippen molar-refractivity contribution in [2.75, 3.05) is 13.2 Å². The summed E-state index contributed by atoms with van der Waals surface area (Å²) in [5, 5.41) is 0. The minimum atomic E-state index is -0.00796. The molecule has 1 heterocycles. The van der Waals surface area contributed by atoms with Gasteiger partial charge < -0.3 is 4.74 Å². The summed E-state index contributed by atoms with van der Waals surface area (Å²) in [5.41, 5.74) is 0.990. The summed E-state index contributed by atoms with van der Waals surface area (Å²) in [6.45, 7) is 5.15. The number of ether oxygens (including phenoxy) is 1. The Morgan fingerprint density at radius 2 is 1.95 bits per heavy atom. The zero-order valence-electron chi connectivity index (χ0n) is 11.5. The fourth-order valence-corrected chi connectivity index (χ4v) is 5.38. The van der Waals surface area contributed by atoms with Crippen LogP contribution >= 0.6 is 69.2 Å². The molecular weight excluding hydrogens is 532 g/mol. The molecule has 3 nitrogen and oxygen atoms in total. The Labute approximate surface area is 161 Å². The Hall–Kier alpha value is 0.130. The summed E-state index contributed by atoms with van der Waals surface area (Å²) in [5.74, 6) is 0.892. The van der Waals surface area contributed by atoms with Gasteiger partial charge in [-0.3, -0.25) is 9.69 Å². The Balaban J connectivity index is 2.34. The molecule has 7 heteroatoms. The molecular formula is C14H13I2NO2S2. The maximum Gasteiger partial charge on any atom is 0.266 e. The average Bonchev–Trinajstić information content (AvgIpc) is 2.68. The van der Waals surface area contributed by atoms with E-state index in [0.29, 0.717) is 22.4 Å². The van der Waals surface area contributed by atoms with E-state index in [2.05, 4.69) is 45.2 Å². The Morgan fingerprint density at radius 3 is 2.43 bits per heavy atom. The molecule has 1 aliphatic rings. The molecule has 0 unspecified atom stereocenters. The monoisotopic (exact) mass is 545 g/mol. The molecule has 1 amide bonds. The van der Waals surface area contributed by atoms with Gasteiger partial charge in [-0.25, -0.2) is 0 Å². The van der Waals surface area contributed by atoms with Crippen LogP contribution in [0.2, 0.25) is 0 Å². The number of carbonyl (C=O) groups is 1. The van der Waals surface area contributed by atoms with Crippen LogP contribution in [0, 0.1) is 7.14 Å². The molecule has 21 heavy (non-hydrogen) atoms. The number of halogens is 2. The predicted octanol–water partition coefficient (Wildman–Crippen LogP) is 4.52. The quantitative estimate of drug-likeness (QED) is 0.317. The van der Waals surface area contributed by atoms with Gasteiger partial charge in [0.2, 0.25) is 0 Å². The topological polar surface area (TPSA) is 29.5 Å². The largest absolute Gasteiger partial charge is 0.492 e. The lowest BCUT2D eigenvalue weighted by Crippen LogP contribution is -2.27. The Kier molecular flexibility index (Phi) is 6.33. The second-order valence-electron chi connectivity index (χ2n) is 4.17. The van der Waals surface area contributed by atoms with Gasteiger partial charge >= 0.3 is 0 Å². The van der Waals surface area contributed by atoms with Gasteiger partial charge in [0.05, 0.1) is 18.7 Å². The van der Waals surface area contributed by atoms with E-state index in [1.54, 1.807) is 4.90 Å². The van der Waals surface area contributed by atoms with Crippen LogP contribution in [-0.4, -0.2) is 28.3 Å². The fourth-order valence-electron chi connectivity index (χ4n) is 1.87. The first-order chi connectivity index (χ1) is 9.97. The Morgan fingerprint density at radius 1 is 1.33 bits per heavy atom. The Bertz CT molecular complexity index is 608. The van der Waals surface area contributed by atoms with E-state index >= 15 is 0 Å². The van der Waals surface area contributed by atoms with E-state index in [4.69, 9.17) is 17.0 Å². The van der Waals surface area contributed by atoms with Crippen molar-refractivity contribution >= 4 is 85.5 Å². The van der Waals surface area contributed by atoms with Crippen molar-refractivity contribution < 1.29 is 9.53 Å². The smallest absolute Gasteiger partial charge is 0.266 e. The summed E-state index contributed by atoms with van der Waals surface area (Å²) in [6.07, 6.45) is 1.90. The van der Waals surface area contributed by atoms with Gasteiger partial charge in [-0.05, 0) is 82.8 Å². The van der Waals surface area contributed by atoms with Gasteiger partial charge in [0.15, 0.2) is 0 Å². The van der Waals surface area contributed by atoms with Crippen molar-refractivity contribution in [3.8, 4) is 5.75 Å². The van der Waals surface area contributed by atoms with Gasteiger partial charge in [0, 0.05) is 6.54 Å². The van der Waals surface area contributed by atoms with Crippen molar-refractivity contribution in [3.63, 3.8) is 0 Å². The lowest BCUT2D eigenvalue weighted by atomic mass is 10.2. The maximum absolute atomic E-state index is 12.2. The standard InChI is InChI=1S/C14H13I2NO2S2/c1-3-17-13(18)11(21-14(17)20)7-8-5-9(15)12(19-4-2)10(16)6-8/h5-7H,3-4H2,1-2H3/b11-7-. The van der Waals surface area contributed by atoms with E-state index in [-0.39, 0.29) is 5.91 Å². The molecule has 112 valence electrons. The number of likely N-dealkylation sites (N-methyl/N-ethyl adjacent to an activating group) is 1. The van der Waals surface area contributed by atoms with Crippen LogP contribution in [0.1, 0.15) is 19.4 Å². The van der Waals surface area contributed by atoms with E-state index < -0.39 is 0 Å². The molecule has 2 rings (SSSR count). The number of amides is 1. The number of rotatable bonds is 4. The first-order valence-electron chi connectivity index (χ1n) is 6.35. The number of hydrogen-bond donors (Lipinski definition) is 0. The molecule has 0 spiro atoms. The number of nitrogens with zero attached hydrogens (tertiary/aromatic N) is 1. The number of hydrogen-bond acceptors (Lipinski definition) is 4. The lowest BCUT2D eigenvalue weighted by molar-refractivity contribution is -0.121. The number of thiocarbonyl (C=S) groups is 1. The van der Waals surface area contributed by atoms with Gasteiger partial charge in [-0.15, -0.1) is 0 Å². The highest BCUT2D eigenvalue weighted by atomic mass is 127. The molecule has 1 aliphatic heterocycles. The van der Waals surface area contributed by atoms with Crippen molar-refractivity contribution in [1.82, 2.24) is 4.90 Å². The van der Waals surface area contributed by atoms with E-state index in [9.17, 15) is 4.79 Å². The van der Waals surface area contributed by atoms with Crippen molar-refractivity contribution in [2.45, 2.75) is 13.8 Å². The van der Waals surface area contributed by atoms with Crippen molar-refractivity contribution in [2.24, 2.45) is 0 Å². The van der Waals surface area contributed by atoms with Crippen LogP contribution in [0.25, 0.3) is 6.08 Å². The third kappa shape index (κ3) is 3.91. The third-order valence-electron chi connectivity index (χ3n) is 2.80. The minimum Gasteiger partial charge on any atom is -0.492 e. The molecule has 0 saturated carbocycles. The van der Waals surface area contributed by atoms with Crippen LogP contribution in [0.3, 0.4) is 0 Å². The highest BCUT2D eigenvalue weighted by molar-refractivity contribution is 14.1. The van der Waals surface area contributed by atoms with Crippen LogP contribution in [0.15, 0.2) is 17.0 Å². The highest BCUT2D eigenvalue weighted by Gasteiger charge is 2.30. The summed E-state index contributed by atoms with van der Waals surface area (Å²) in [7, 11) is 0. The van der Waals surface area contributed by atoms with Crippen molar-refractivity contribution in [1.29, 1.82) is 0 Å². The van der Waals surface area contributed by atoms with Gasteiger partial charge in [-0.2, -0.15) is 0 Å². The second-order valence-corrected chi connectivity index (χ2v) is 8.17. The first kappa shape index (κ1) is 17.5. The zero-order valence-corrected chi connectivity index (χ0v) is 17.4. The molecule has 1 aromatic carbocycles. The molecule has 1 saturated heterocycles. The molecule has 0 aliphatic carbocycles. The third-order valence-corrected chi connectivity index (χ3v) is 5.78. The lowest BCUT2D eigenvalue weighted by Gasteiger charge is -2.10. The number of benzene rings is 1.